The van der Waals surface area contributed by atoms with E-state index in [-0.39, 0.29) is 12.3 Å². The molecular formula is C18H19N5O4. The highest BCUT2D eigenvalue weighted by Gasteiger charge is 2.28. The van der Waals surface area contributed by atoms with Crippen LogP contribution in [0.25, 0.3) is 11.2 Å². The third-order valence-electron chi connectivity index (χ3n) is 4.77. The third kappa shape index (κ3) is 2.54. The van der Waals surface area contributed by atoms with Gasteiger partial charge in [-0.3, -0.25) is 18.7 Å². The molecule has 0 spiro atoms. The van der Waals surface area contributed by atoms with Crippen LogP contribution in [0.4, 0.5) is 11.6 Å². The molecule has 140 valence electrons. The van der Waals surface area contributed by atoms with E-state index in [1.165, 1.54) is 11.5 Å². The Bertz CT molecular complexity index is 1170. The molecule has 0 N–H and O–H groups in total. The standard InChI is InChI=1S/C18H19N5O4/c1-11(24)10-23-16(25)14-15(20(2)18(23)26)19-17-21(8-9-22(14)17)12-4-6-13(27-3)7-5-12/h4-7H,8-10H2,1-3H3. The Labute approximate surface area is 154 Å². The summed E-state index contributed by atoms with van der Waals surface area (Å²) >= 11 is 0. The Morgan fingerprint density at radius 2 is 1.89 bits per heavy atom. The van der Waals surface area contributed by atoms with Crippen molar-refractivity contribution in [2.24, 2.45) is 7.05 Å². The first-order valence-electron chi connectivity index (χ1n) is 8.53. The number of imidazole rings is 1. The van der Waals surface area contributed by atoms with E-state index in [1.807, 2.05) is 29.2 Å². The minimum Gasteiger partial charge on any atom is -0.497 e. The maximum atomic E-state index is 12.9. The fourth-order valence-electron chi connectivity index (χ4n) is 3.45. The largest absolute Gasteiger partial charge is 0.497 e. The number of nitrogens with zero attached hydrogens (tertiary/aromatic N) is 5. The summed E-state index contributed by atoms with van der Waals surface area (Å²) in [5.41, 5.74) is 0.537. The number of hydrogen-bond acceptors (Lipinski definition) is 6. The van der Waals surface area contributed by atoms with Crippen LogP contribution < -0.4 is 20.9 Å². The molecule has 0 aliphatic carbocycles. The molecule has 0 fully saturated rings. The second kappa shape index (κ2) is 6.11. The van der Waals surface area contributed by atoms with E-state index >= 15 is 0 Å². The lowest BCUT2D eigenvalue weighted by Gasteiger charge is -2.16. The lowest BCUT2D eigenvalue weighted by molar-refractivity contribution is -0.117. The van der Waals surface area contributed by atoms with Gasteiger partial charge in [0.2, 0.25) is 5.95 Å². The first-order valence-corrected chi connectivity index (χ1v) is 8.53. The fraction of sp³-hybridized carbons (Fsp3) is 0.333. The topological polar surface area (TPSA) is 91.4 Å². The highest BCUT2D eigenvalue weighted by Crippen LogP contribution is 2.32. The third-order valence-corrected chi connectivity index (χ3v) is 4.77. The zero-order valence-corrected chi connectivity index (χ0v) is 15.3. The normalized spacial score (nSPS) is 13.2. The Morgan fingerprint density at radius 1 is 1.19 bits per heavy atom. The molecule has 0 unspecified atom stereocenters. The number of ketones is 1. The van der Waals surface area contributed by atoms with E-state index in [4.69, 9.17) is 4.74 Å². The van der Waals surface area contributed by atoms with Gasteiger partial charge in [0.05, 0.1) is 13.7 Å². The van der Waals surface area contributed by atoms with Crippen molar-refractivity contribution in [3.63, 3.8) is 0 Å². The summed E-state index contributed by atoms with van der Waals surface area (Å²) in [4.78, 5) is 43.4. The van der Waals surface area contributed by atoms with Crippen molar-refractivity contribution < 1.29 is 9.53 Å². The maximum absolute atomic E-state index is 12.9. The summed E-state index contributed by atoms with van der Waals surface area (Å²) in [6.45, 7) is 2.32. The number of fused-ring (bicyclic) bond motifs is 3. The predicted molar refractivity (Wildman–Crippen MR) is 99.9 cm³/mol. The summed E-state index contributed by atoms with van der Waals surface area (Å²) in [6, 6.07) is 7.55. The van der Waals surface area contributed by atoms with Crippen molar-refractivity contribution in [1.29, 1.82) is 0 Å². The lowest BCUT2D eigenvalue weighted by Crippen LogP contribution is -2.41. The van der Waals surface area contributed by atoms with Crippen LogP contribution in [-0.2, 0) is 24.9 Å². The number of rotatable bonds is 4. The molecule has 4 rings (SSSR count). The number of hydrogen-bond donors (Lipinski definition) is 0. The predicted octanol–water partition coefficient (Wildman–Crippen LogP) is 0.646. The number of Topliss-reactive ketones (excluding diaryl/α,β-unsaturated/α-hetero) is 1. The molecule has 1 aliphatic heterocycles. The van der Waals surface area contributed by atoms with Crippen LogP contribution in [-0.4, -0.2) is 38.1 Å². The maximum Gasteiger partial charge on any atom is 0.332 e. The minimum absolute atomic E-state index is 0.246. The Morgan fingerprint density at radius 3 is 2.52 bits per heavy atom. The first kappa shape index (κ1) is 17.1. The number of benzene rings is 1. The zero-order chi connectivity index (χ0) is 19.3. The van der Waals surface area contributed by atoms with Gasteiger partial charge in [-0.15, -0.1) is 0 Å². The van der Waals surface area contributed by atoms with Gasteiger partial charge < -0.3 is 14.2 Å². The smallest absolute Gasteiger partial charge is 0.332 e. The molecule has 0 saturated carbocycles. The van der Waals surface area contributed by atoms with Crippen molar-refractivity contribution in [3.05, 3.63) is 45.1 Å². The number of ether oxygens (including phenoxy) is 1. The van der Waals surface area contributed by atoms with E-state index in [0.717, 1.165) is 16.0 Å². The molecule has 0 atom stereocenters. The lowest BCUT2D eigenvalue weighted by atomic mass is 10.3. The molecule has 9 heteroatoms. The van der Waals surface area contributed by atoms with E-state index in [9.17, 15) is 14.4 Å². The van der Waals surface area contributed by atoms with E-state index < -0.39 is 11.2 Å². The highest BCUT2D eigenvalue weighted by atomic mass is 16.5. The number of carbonyl (C=O) groups excluding carboxylic acids is 1. The second-order valence-corrected chi connectivity index (χ2v) is 6.52. The average molecular weight is 369 g/mol. The molecule has 27 heavy (non-hydrogen) atoms. The van der Waals surface area contributed by atoms with Crippen LogP contribution in [0.15, 0.2) is 33.9 Å². The minimum atomic E-state index is -0.546. The van der Waals surface area contributed by atoms with Crippen molar-refractivity contribution >= 4 is 28.6 Å². The first-order chi connectivity index (χ1) is 12.9. The summed E-state index contributed by atoms with van der Waals surface area (Å²) < 4.78 is 9.28. The van der Waals surface area contributed by atoms with Crippen LogP contribution in [0.3, 0.4) is 0 Å². The molecule has 1 aliphatic rings. The molecule has 1 aromatic carbocycles. The molecule has 0 saturated heterocycles. The molecule has 3 aromatic rings. The van der Waals surface area contributed by atoms with Gasteiger partial charge in [0.1, 0.15) is 11.5 Å². The van der Waals surface area contributed by atoms with Gasteiger partial charge in [-0.25, -0.2) is 4.79 Å². The SMILES string of the molecule is COc1ccc(N2CCn3c2nc2c3c(=O)n(CC(C)=O)c(=O)n2C)cc1. The average Bonchev–Trinajstić information content (AvgIpc) is 3.22. The number of carbonyl (C=O) groups is 1. The fourth-order valence-corrected chi connectivity index (χ4v) is 3.45. The molecule has 0 amide bonds. The quantitative estimate of drug-likeness (QED) is 0.670. The molecule has 0 radical (unpaired) electrons. The van der Waals surface area contributed by atoms with E-state index in [0.29, 0.717) is 30.2 Å². The second-order valence-electron chi connectivity index (χ2n) is 6.52. The van der Waals surface area contributed by atoms with Crippen molar-refractivity contribution in [2.45, 2.75) is 20.0 Å². The molecular weight excluding hydrogens is 350 g/mol. The Hall–Kier alpha value is -3.36. The van der Waals surface area contributed by atoms with Crippen molar-refractivity contribution in [1.82, 2.24) is 18.7 Å². The summed E-state index contributed by atoms with van der Waals surface area (Å²) in [7, 11) is 3.16. The van der Waals surface area contributed by atoms with Gasteiger partial charge in [-0.1, -0.05) is 0 Å². The summed E-state index contributed by atoms with van der Waals surface area (Å²) in [6.07, 6.45) is 0. The van der Waals surface area contributed by atoms with Crippen LogP contribution in [0.5, 0.6) is 5.75 Å². The van der Waals surface area contributed by atoms with Crippen LogP contribution in [0, 0.1) is 0 Å². The van der Waals surface area contributed by atoms with E-state index in [1.54, 1.807) is 18.7 Å². The van der Waals surface area contributed by atoms with Crippen molar-refractivity contribution in [2.75, 3.05) is 18.6 Å². The van der Waals surface area contributed by atoms with Gasteiger partial charge in [-0.2, -0.15) is 4.98 Å². The Balaban J connectivity index is 1.90. The summed E-state index contributed by atoms with van der Waals surface area (Å²) in [5, 5.41) is 0. The highest BCUT2D eigenvalue weighted by molar-refractivity contribution is 5.79. The zero-order valence-electron chi connectivity index (χ0n) is 15.3. The van der Waals surface area contributed by atoms with Crippen LogP contribution >= 0.6 is 0 Å². The Kier molecular flexibility index (Phi) is 3.87. The number of aromatic nitrogens is 4. The monoisotopic (exact) mass is 369 g/mol. The molecule has 2 aromatic heterocycles. The van der Waals surface area contributed by atoms with Crippen LogP contribution in [0.1, 0.15) is 6.92 Å². The van der Waals surface area contributed by atoms with Gasteiger partial charge in [0.15, 0.2) is 11.2 Å². The van der Waals surface area contributed by atoms with Gasteiger partial charge >= 0.3 is 5.69 Å². The van der Waals surface area contributed by atoms with Gasteiger partial charge in [0, 0.05) is 25.8 Å². The molecule has 9 nitrogen and oxygen atoms in total. The van der Waals surface area contributed by atoms with Gasteiger partial charge in [0.25, 0.3) is 5.56 Å². The van der Waals surface area contributed by atoms with E-state index in [2.05, 4.69) is 4.98 Å². The van der Waals surface area contributed by atoms with Crippen molar-refractivity contribution in [3.8, 4) is 5.75 Å². The van der Waals surface area contributed by atoms with Crippen LogP contribution in [0.2, 0.25) is 0 Å². The molecule has 3 heterocycles. The number of aryl methyl sites for hydroxylation is 1. The molecule has 0 bridgehead atoms. The number of anilines is 2. The number of methoxy groups -OCH3 is 1. The summed E-state index contributed by atoms with van der Waals surface area (Å²) in [5.74, 6) is 1.10. The van der Waals surface area contributed by atoms with Gasteiger partial charge in [-0.05, 0) is 31.2 Å².